The predicted molar refractivity (Wildman–Crippen MR) is 166 cm³/mol. The van der Waals surface area contributed by atoms with Gasteiger partial charge in [-0.15, -0.1) is 0 Å². The molecule has 0 spiro atoms. The molecule has 2 atom stereocenters. The Balaban J connectivity index is 1.66. The van der Waals surface area contributed by atoms with E-state index < -0.39 is 23.7 Å². The van der Waals surface area contributed by atoms with Crippen LogP contribution in [0.4, 0.5) is 5.13 Å². The highest BCUT2D eigenvalue weighted by molar-refractivity contribution is 7.17. The fourth-order valence-electron chi connectivity index (χ4n) is 5.32. The number of aryl methyl sites for hydroxylation is 1. The molecule has 2 aliphatic rings. The quantitative estimate of drug-likeness (QED) is 0.126. The van der Waals surface area contributed by atoms with E-state index in [1.54, 1.807) is 43.3 Å². The highest BCUT2D eigenvalue weighted by atomic mass is 32.1. The van der Waals surface area contributed by atoms with Crippen molar-refractivity contribution in [2.75, 3.05) is 25.2 Å². The molecule has 1 fully saturated rings. The number of ketones is 1. The molecule has 2 aliphatic heterocycles. The van der Waals surface area contributed by atoms with Crippen molar-refractivity contribution in [3.63, 3.8) is 0 Å². The largest absolute Gasteiger partial charge is 0.507 e. The van der Waals surface area contributed by atoms with Gasteiger partial charge in [-0.1, -0.05) is 31.3 Å². The zero-order valence-corrected chi connectivity index (χ0v) is 26.4. The van der Waals surface area contributed by atoms with Crippen molar-refractivity contribution in [3.8, 4) is 17.2 Å². The molecule has 0 bridgehead atoms. The Bertz CT molecular complexity index is 1640. The highest BCUT2D eigenvalue weighted by Gasteiger charge is 2.49. The monoisotopic (exact) mass is 620 g/mol. The first-order valence-corrected chi connectivity index (χ1v) is 15.4. The van der Waals surface area contributed by atoms with E-state index in [1.165, 1.54) is 12.0 Å². The molecule has 1 N–H and O–H groups in total. The van der Waals surface area contributed by atoms with Gasteiger partial charge in [-0.25, -0.2) is 9.78 Å². The summed E-state index contributed by atoms with van der Waals surface area (Å²) < 4.78 is 22.6. The molecule has 1 saturated heterocycles. The van der Waals surface area contributed by atoms with E-state index in [1.807, 2.05) is 13.8 Å². The molecule has 0 saturated carbocycles. The SMILES string of the molecule is CCOc1cc([C@@H]2/C(=C(\O)c3ccc4c(c3)C[C@H](C)O4)C(=O)C(=O)N2c2nc(C)c(C(=O)OC)s2)ccc1OCCC(C)C. The van der Waals surface area contributed by atoms with Crippen LogP contribution in [-0.2, 0) is 20.7 Å². The van der Waals surface area contributed by atoms with E-state index in [0.717, 1.165) is 23.3 Å². The molecule has 3 heterocycles. The molecule has 2 aromatic carbocycles. The maximum Gasteiger partial charge on any atom is 0.350 e. The molecular weight excluding hydrogens is 584 g/mol. The van der Waals surface area contributed by atoms with Crippen molar-refractivity contribution in [2.24, 2.45) is 5.92 Å². The van der Waals surface area contributed by atoms with E-state index in [2.05, 4.69) is 18.8 Å². The first kappa shape index (κ1) is 31.1. The number of carbonyl (C=O) groups is 3. The number of hydrogen-bond donors (Lipinski definition) is 1. The molecule has 44 heavy (non-hydrogen) atoms. The molecule has 0 radical (unpaired) electrons. The number of esters is 1. The average Bonchev–Trinajstić information content (AvgIpc) is 3.64. The number of aliphatic hydroxyl groups is 1. The molecular formula is C33H36N2O8S. The van der Waals surface area contributed by atoms with Crippen LogP contribution in [-0.4, -0.2) is 54.2 Å². The lowest BCUT2D eigenvalue weighted by molar-refractivity contribution is -0.132. The summed E-state index contributed by atoms with van der Waals surface area (Å²) in [4.78, 5) is 45.8. The van der Waals surface area contributed by atoms with Crippen LogP contribution in [0, 0.1) is 12.8 Å². The van der Waals surface area contributed by atoms with Gasteiger partial charge in [0.2, 0.25) is 0 Å². The van der Waals surface area contributed by atoms with Crippen LogP contribution >= 0.6 is 11.3 Å². The third-order valence-electron chi connectivity index (χ3n) is 7.51. The third-order valence-corrected chi connectivity index (χ3v) is 8.65. The van der Waals surface area contributed by atoms with Crippen molar-refractivity contribution in [3.05, 3.63) is 69.2 Å². The van der Waals surface area contributed by atoms with Crippen molar-refractivity contribution in [2.45, 2.75) is 59.6 Å². The lowest BCUT2D eigenvalue weighted by Gasteiger charge is -2.24. The first-order chi connectivity index (χ1) is 21.0. The van der Waals surface area contributed by atoms with Gasteiger partial charge in [0.25, 0.3) is 5.78 Å². The van der Waals surface area contributed by atoms with E-state index in [-0.39, 0.29) is 27.4 Å². The van der Waals surface area contributed by atoms with E-state index in [0.29, 0.717) is 59.6 Å². The summed E-state index contributed by atoms with van der Waals surface area (Å²) in [6.07, 6.45) is 1.49. The minimum absolute atomic E-state index is 0.0108. The van der Waals surface area contributed by atoms with Gasteiger partial charge in [0.05, 0.1) is 37.6 Å². The standard InChI is InChI=1S/C33H36N2O8S/c1-7-41-25-16-20(8-11-24(25)42-13-12-17(2)3)27-26(28(36)21-9-10-23-22(15-21)14-18(4)43-23)29(37)31(38)35(27)33-34-19(5)30(44-33)32(39)40-6/h8-11,15-18,27,36H,7,12-14H2,1-6H3/b28-26+/t18-,27+/m0/s1. The Hall–Kier alpha value is -4.38. The second kappa shape index (κ2) is 12.7. The summed E-state index contributed by atoms with van der Waals surface area (Å²) in [7, 11) is 1.26. The fourth-order valence-corrected chi connectivity index (χ4v) is 6.34. The average molecular weight is 621 g/mol. The fraction of sp³-hybridized carbons (Fsp3) is 0.394. The number of carbonyl (C=O) groups excluding carboxylic acids is 3. The number of ether oxygens (including phenoxy) is 4. The Morgan fingerprint density at radius 2 is 1.93 bits per heavy atom. The number of fused-ring (bicyclic) bond motifs is 1. The molecule has 232 valence electrons. The number of hydrogen-bond acceptors (Lipinski definition) is 10. The Morgan fingerprint density at radius 3 is 2.64 bits per heavy atom. The van der Waals surface area contributed by atoms with Gasteiger partial charge in [0, 0.05) is 12.0 Å². The van der Waals surface area contributed by atoms with Crippen molar-refractivity contribution >= 4 is 39.9 Å². The Labute approximate surface area is 260 Å². The smallest absolute Gasteiger partial charge is 0.350 e. The van der Waals surface area contributed by atoms with Crippen LogP contribution in [0.15, 0.2) is 42.0 Å². The summed E-state index contributed by atoms with van der Waals surface area (Å²) in [5, 5.41) is 11.8. The predicted octanol–water partition coefficient (Wildman–Crippen LogP) is 6.01. The summed E-state index contributed by atoms with van der Waals surface area (Å²) in [5.74, 6) is -0.544. The van der Waals surface area contributed by atoms with Gasteiger partial charge in [0.15, 0.2) is 16.6 Å². The summed E-state index contributed by atoms with van der Waals surface area (Å²) in [6.45, 7) is 10.5. The number of nitrogens with zero attached hydrogens (tertiary/aromatic N) is 2. The normalized spacial score (nSPS) is 18.8. The van der Waals surface area contributed by atoms with Gasteiger partial charge in [0.1, 0.15) is 22.5 Å². The molecule has 0 unspecified atom stereocenters. The van der Waals surface area contributed by atoms with Gasteiger partial charge in [-0.3, -0.25) is 14.5 Å². The number of Topliss-reactive ketones (excluding diaryl/α,β-unsaturated/α-hetero) is 1. The van der Waals surface area contributed by atoms with Gasteiger partial charge in [-0.05, 0) is 74.6 Å². The minimum atomic E-state index is -1.07. The molecule has 5 rings (SSSR count). The number of benzene rings is 2. The maximum absolute atomic E-state index is 13.7. The van der Waals surface area contributed by atoms with E-state index >= 15 is 0 Å². The molecule has 3 aromatic rings. The van der Waals surface area contributed by atoms with Crippen LogP contribution < -0.4 is 19.1 Å². The lowest BCUT2D eigenvalue weighted by atomic mass is 9.94. The van der Waals surface area contributed by atoms with E-state index in [9.17, 15) is 19.5 Å². The topological polar surface area (TPSA) is 124 Å². The molecule has 1 aromatic heterocycles. The molecule has 1 amide bonds. The number of rotatable bonds is 10. The van der Waals surface area contributed by atoms with Crippen LogP contribution in [0.25, 0.3) is 5.76 Å². The minimum Gasteiger partial charge on any atom is -0.507 e. The van der Waals surface area contributed by atoms with Crippen LogP contribution in [0.5, 0.6) is 17.2 Å². The van der Waals surface area contributed by atoms with Crippen molar-refractivity contribution in [1.29, 1.82) is 0 Å². The van der Waals surface area contributed by atoms with Crippen molar-refractivity contribution in [1.82, 2.24) is 4.98 Å². The maximum atomic E-state index is 13.7. The molecule has 0 aliphatic carbocycles. The molecule has 11 heteroatoms. The number of anilines is 1. The number of thiazole rings is 1. The number of aliphatic hydroxyl groups excluding tert-OH is 1. The van der Waals surface area contributed by atoms with Crippen LogP contribution in [0.1, 0.15) is 72.2 Å². The first-order valence-electron chi connectivity index (χ1n) is 14.6. The lowest BCUT2D eigenvalue weighted by Crippen LogP contribution is -2.29. The summed E-state index contributed by atoms with van der Waals surface area (Å²) in [6, 6.07) is 9.31. The van der Waals surface area contributed by atoms with Crippen LogP contribution in [0.2, 0.25) is 0 Å². The third kappa shape index (κ3) is 5.88. The van der Waals surface area contributed by atoms with Crippen molar-refractivity contribution < 1.29 is 38.4 Å². The van der Waals surface area contributed by atoms with E-state index in [4.69, 9.17) is 18.9 Å². The second-order valence-corrected chi connectivity index (χ2v) is 12.2. The Morgan fingerprint density at radius 1 is 1.16 bits per heavy atom. The van der Waals surface area contributed by atoms with Gasteiger partial charge >= 0.3 is 11.9 Å². The number of amides is 1. The van der Waals surface area contributed by atoms with Gasteiger partial charge < -0.3 is 24.1 Å². The summed E-state index contributed by atoms with van der Waals surface area (Å²) in [5.41, 5.74) is 2.02. The zero-order valence-electron chi connectivity index (χ0n) is 25.6. The highest BCUT2D eigenvalue weighted by Crippen LogP contribution is 2.46. The second-order valence-electron chi connectivity index (χ2n) is 11.2. The Kier molecular flexibility index (Phi) is 8.96. The van der Waals surface area contributed by atoms with Crippen LogP contribution in [0.3, 0.4) is 0 Å². The summed E-state index contributed by atoms with van der Waals surface area (Å²) >= 11 is 0.942. The zero-order chi connectivity index (χ0) is 31.7. The molecule has 10 nitrogen and oxygen atoms in total. The van der Waals surface area contributed by atoms with Gasteiger partial charge in [-0.2, -0.15) is 0 Å². The number of methoxy groups -OCH3 is 1. The number of aromatic nitrogens is 1.